The van der Waals surface area contributed by atoms with E-state index in [0.29, 0.717) is 5.75 Å². The van der Waals surface area contributed by atoms with Gasteiger partial charge in [0.15, 0.2) is 0 Å². The third-order valence-corrected chi connectivity index (χ3v) is 2.45. The van der Waals surface area contributed by atoms with Crippen LogP contribution in [0.2, 0.25) is 0 Å². The second-order valence-corrected chi connectivity index (χ2v) is 3.68. The molecule has 0 spiro atoms. The minimum atomic E-state index is -0.584. The van der Waals surface area contributed by atoms with E-state index in [1.54, 1.807) is 42.4 Å². The topological polar surface area (TPSA) is 46.5 Å². The van der Waals surface area contributed by atoms with Gasteiger partial charge in [-0.1, -0.05) is 0 Å². The summed E-state index contributed by atoms with van der Waals surface area (Å²) in [5, 5.41) is 9.53. The van der Waals surface area contributed by atoms with Crippen LogP contribution in [0.3, 0.4) is 0 Å². The van der Waals surface area contributed by atoms with Crippen molar-refractivity contribution in [1.29, 1.82) is 0 Å². The number of aromatic hydroxyl groups is 1. The molecule has 0 aromatic heterocycles. The molecule has 88 valence electrons. The fourth-order valence-corrected chi connectivity index (χ4v) is 1.48. The summed E-state index contributed by atoms with van der Waals surface area (Å²) in [5.41, 5.74) is 1.09. The number of esters is 1. The minimum absolute atomic E-state index is 0.0924. The molecule has 1 N–H and O–H groups in total. The molecule has 0 atom stereocenters. The van der Waals surface area contributed by atoms with Crippen molar-refractivity contribution < 1.29 is 14.6 Å². The number of carbonyl (C=O) groups excluding carboxylic acids is 1. The van der Waals surface area contributed by atoms with Gasteiger partial charge in [-0.3, -0.25) is 0 Å². The van der Waals surface area contributed by atoms with Gasteiger partial charge in [0.05, 0.1) is 0 Å². The molecule has 0 aliphatic heterocycles. The SMILES string of the molecule is B=Cc1ccc(OC(=O)c2ccccc2O)cc1. The van der Waals surface area contributed by atoms with Crippen molar-refractivity contribution in [2.45, 2.75) is 0 Å². The van der Waals surface area contributed by atoms with Crippen molar-refractivity contribution in [1.82, 2.24) is 0 Å². The summed E-state index contributed by atoms with van der Waals surface area (Å²) < 4.78 is 5.15. The maximum atomic E-state index is 11.8. The van der Waals surface area contributed by atoms with Crippen LogP contribution in [-0.4, -0.2) is 24.5 Å². The van der Waals surface area contributed by atoms with Crippen molar-refractivity contribution in [3.8, 4) is 11.5 Å². The number of hydrogen-bond donors (Lipinski definition) is 1. The number of para-hydroxylation sites is 1. The number of phenols is 1. The molecule has 18 heavy (non-hydrogen) atoms. The Kier molecular flexibility index (Phi) is 3.58. The predicted octanol–water partition coefficient (Wildman–Crippen LogP) is 1.66. The molecule has 3 nitrogen and oxygen atoms in total. The molecule has 0 fully saturated rings. The Labute approximate surface area is 106 Å². The Balaban J connectivity index is 2.16. The predicted molar refractivity (Wildman–Crippen MR) is 71.8 cm³/mol. The third-order valence-electron chi connectivity index (χ3n) is 2.45. The average molecular weight is 238 g/mol. The summed E-state index contributed by atoms with van der Waals surface area (Å²) >= 11 is 0. The Morgan fingerprint density at radius 2 is 1.78 bits per heavy atom. The Hall–Kier alpha value is -2.36. The maximum absolute atomic E-state index is 11.8. The Morgan fingerprint density at radius 3 is 2.39 bits per heavy atom. The van der Waals surface area contributed by atoms with E-state index < -0.39 is 5.97 Å². The number of carbonyl (C=O) groups is 1. The molecule has 0 amide bonds. The molecule has 0 aliphatic carbocycles. The van der Waals surface area contributed by atoms with E-state index in [1.807, 2.05) is 0 Å². The zero-order valence-electron chi connectivity index (χ0n) is 9.67. The molecule has 0 unspecified atom stereocenters. The molecule has 2 aromatic rings. The van der Waals surface area contributed by atoms with E-state index >= 15 is 0 Å². The van der Waals surface area contributed by atoms with Gasteiger partial charge in [0.1, 0.15) is 0 Å². The van der Waals surface area contributed by atoms with Gasteiger partial charge in [-0.2, -0.15) is 0 Å². The van der Waals surface area contributed by atoms with Gasteiger partial charge in [0.25, 0.3) is 0 Å². The molecule has 0 saturated heterocycles. The molecule has 0 aliphatic rings. The molecular weight excluding hydrogens is 227 g/mol. The van der Waals surface area contributed by atoms with Gasteiger partial charge in [-0.05, 0) is 0 Å². The molecule has 4 heteroatoms. The van der Waals surface area contributed by atoms with Gasteiger partial charge < -0.3 is 0 Å². The fourth-order valence-electron chi connectivity index (χ4n) is 1.48. The van der Waals surface area contributed by atoms with Crippen molar-refractivity contribution in [2.24, 2.45) is 0 Å². The standard InChI is InChI=1S/C14H11BO3/c15-9-10-5-7-11(8-6-10)18-14(17)12-3-1-2-4-13(12)16/h1-9,15-16H. The van der Waals surface area contributed by atoms with Gasteiger partial charge in [0.2, 0.25) is 0 Å². The normalized spacial score (nSPS) is 9.72. The molecule has 0 bridgehead atoms. The number of benzene rings is 2. The number of phenolic OH excluding ortho intramolecular Hbond substituents is 1. The van der Waals surface area contributed by atoms with Crippen LogP contribution in [0.25, 0.3) is 0 Å². The second-order valence-electron chi connectivity index (χ2n) is 3.68. The molecule has 0 radical (unpaired) electrons. The summed E-state index contributed by atoms with van der Waals surface area (Å²) in [6.07, 6.45) is 0. The zero-order chi connectivity index (χ0) is 13.0. The third kappa shape index (κ3) is 2.66. The van der Waals surface area contributed by atoms with Crippen LogP contribution in [-0.2, 0) is 0 Å². The van der Waals surface area contributed by atoms with Crippen LogP contribution in [0.5, 0.6) is 11.5 Å². The van der Waals surface area contributed by atoms with E-state index in [-0.39, 0.29) is 11.3 Å². The van der Waals surface area contributed by atoms with E-state index in [4.69, 9.17) is 4.74 Å². The number of ether oxygens (including phenoxy) is 1. The van der Waals surface area contributed by atoms with Crippen LogP contribution in [0, 0.1) is 0 Å². The molecule has 0 saturated carbocycles. The van der Waals surface area contributed by atoms with E-state index in [2.05, 4.69) is 7.49 Å². The summed E-state index contributed by atoms with van der Waals surface area (Å²) in [6, 6.07) is 13.2. The van der Waals surface area contributed by atoms with E-state index in [0.717, 1.165) is 5.56 Å². The monoisotopic (exact) mass is 238 g/mol. The van der Waals surface area contributed by atoms with E-state index in [1.165, 1.54) is 12.1 Å². The summed E-state index contributed by atoms with van der Waals surface area (Å²) in [5.74, 6) is 1.45. The average Bonchev–Trinajstić information content (AvgIpc) is 2.40. The molecular formula is C14H11BO3. The van der Waals surface area contributed by atoms with Crippen molar-refractivity contribution in [3.63, 3.8) is 0 Å². The first-order valence-electron chi connectivity index (χ1n) is 5.43. The van der Waals surface area contributed by atoms with Gasteiger partial charge in [0, 0.05) is 0 Å². The number of hydrogen-bond acceptors (Lipinski definition) is 3. The van der Waals surface area contributed by atoms with Crippen LogP contribution in [0.4, 0.5) is 0 Å². The zero-order valence-corrected chi connectivity index (χ0v) is 9.67. The molecule has 2 rings (SSSR count). The van der Waals surface area contributed by atoms with Crippen LogP contribution in [0.1, 0.15) is 15.9 Å². The summed E-state index contributed by atoms with van der Waals surface area (Å²) in [4.78, 5) is 11.8. The van der Waals surface area contributed by atoms with Crippen molar-refractivity contribution in [2.75, 3.05) is 0 Å². The first-order chi connectivity index (χ1) is 8.70. The summed E-state index contributed by atoms with van der Waals surface area (Å²) in [6.45, 7) is 0. The summed E-state index contributed by atoms with van der Waals surface area (Å²) in [7, 11) is 3.64. The van der Waals surface area contributed by atoms with Crippen LogP contribution >= 0.6 is 0 Å². The van der Waals surface area contributed by atoms with Gasteiger partial charge in [-0.15, -0.1) is 0 Å². The van der Waals surface area contributed by atoms with Crippen molar-refractivity contribution >= 4 is 19.4 Å². The van der Waals surface area contributed by atoms with Gasteiger partial charge >= 0.3 is 105 Å². The molecule has 2 aromatic carbocycles. The fraction of sp³-hybridized carbons (Fsp3) is 0. The Morgan fingerprint density at radius 1 is 1.11 bits per heavy atom. The Bertz CT molecular complexity index is 576. The van der Waals surface area contributed by atoms with Crippen molar-refractivity contribution in [3.05, 3.63) is 59.7 Å². The first-order valence-corrected chi connectivity index (χ1v) is 5.43. The molecule has 0 heterocycles. The van der Waals surface area contributed by atoms with Crippen LogP contribution < -0.4 is 4.74 Å². The van der Waals surface area contributed by atoms with E-state index in [9.17, 15) is 9.90 Å². The quantitative estimate of drug-likeness (QED) is 0.502. The van der Waals surface area contributed by atoms with Crippen LogP contribution in [0.15, 0.2) is 48.5 Å². The first kappa shape index (κ1) is 12.1. The number of rotatable bonds is 3. The van der Waals surface area contributed by atoms with Gasteiger partial charge in [-0.25, -0.2) is 0 Å². The second kappa shape index (κ2) is 5.32.